The lowest BCUT2D eigenvalue weighted by atomic mass is 10.0. The molecule has 0 aliphatic carbocycles. The van der Waals surface area contributed by atoms with E-state index in [2.05, 4.69) is 0 Å². The minimum absolute atomic E-state index is 0.251. The maximum atomic E-state index is 13.7. The van der Waals surface area contributed by atoms with Crippen molar-refractivity contribution in [3.63, 3.8) is 0 Å². The Balaban J connectivity index is 2.26. The first-order chi connectivity index (χ1) is 9.61. The molecule has 2 aromatic carbocycles. The summed E-state index contributed by atoms with van der Waals surface area (Å²) in [6, 6.07) is 10.6. The van der Waals surface area contributed by atoms with Crippen LogP contribution in [0.2, 0.25) is 0 Å². The molecule has 0 saturated heterocycles. The third kappa shape index (κ3) is 3.48. The molecule has 0 aliphatic rings. The lowest BCUT2D eigenvalue weighted by Gasteiger charge is -2.13. The van der Waals surface area contributed by atoms with Gasteiger partial charge in [-0.3, -0.25) is 0 Å². The van der Waals surface area contributed by atoms with E-state index in [1.807, 2.05) is 13.0 Å². The zero-order valence-electron chi connectivity index (χ0n) is 11.1. The van der Waals surface area contributed by atoms with Crippen LogP contribution in [-0.2, 0) is 0 Å². The lowest BCUT2D eigenvalue weighted by molar-refractivity contribution is 0.317. The third-order valence-electron chi connectivity index (χ3n) is 2.86. The molecule has 0 N–H and O–H groups in total. The van der Waals surface area contributed by atoms with Crippen molar-refractivity contribution in [1.29, 1.82) is 0 Å². The second-order valence-corrected chi connectivity index (χ2v) is 4.89. The maximum absolute atomic E-state index is 13.7. The summed E-state index contributed by atoms with van der Waals surface area (Å²) in [4.78, 5) is 0. The van der Waals surface area contributed by atoms with Gasteiger partial charge in [-0.2, -0.15) is 0 Å². The number of benzene rings is 2. The van der Waals surface area contributed by atoms with Gasteiger partial charge in [0.2, 0.25) is 0 Å². The molecule has 2 rings (SSSR count). The molecule has 2 aromatic rings. The van der Waals surface area contributed by atoms with Crippen molar-refractivity contribution in [3.8, 4) is 5.75 Å². The first kappa shape index (κ1) is 14.8. The topological polar surface area (TPSA) is 9.23 Å². The van der Waals surface area contributed by atoms with Crippen molar-refractivity contribution >= 4 is 11.6 Å². The molecule has 0 heterocycles. The molecule has 4 heteroatoms. The van der Waals surface area contributed by atoms with Crippen molar-refractivity contribution in [2.24, 2.45) is 0 Å². The predicted octanol–water partition coefficient (Wildman–Crippen LogP) is 5.08. The van der Waals surface area contributed by atoms with E-state index in [0.29, 0.717) is 17.9 Å². The minimum atomic E-state index is -0.680. The summed E-state index contributed by atoms with van der Waals surface area (Å²) in [6.07, 6.45) is 0.904. The van der Waals surface area contributed by atoms with Gasteiger partial charge in [0.1, 0.15) is 17.4 Å². The van der Waals surface area contributed by atoms with E-state index in [9.17, 15) is 8.78 Å². The molecule has 0 bridgehead atoms. The first-order valence-corrected chi connectivity index (χ1v) is 6.87. The standard InChI is InChI=1S/C16H15ClF2O/c1-2-8-20-13-5-3-4-11(9-13)16(17)14-7-6-12(18)10-15(14)19/h3-7,9-10,16H,2,8H2,1H3. The van der Waals surface area contributed by atoms with Gasteiger partial charge in [-0.25, -0.2) is 8.78 Å². The van der Waals surface area contributed by atoms with Gasteiger partial charge in [-0.05, 0) is 30.2 Å². The van der Waals surface area contributed by atoms with Gasteiger partial charge in [-0.1, -0.05) is 25.1 Å². The van der Waals surface area contributed by atoms with Crippen LogP contribution in [0.25, 0.3) is 0 Å². The quantitative estimate of drug-likeness (QED) is 0.699. The molecule has 1 unspecified atom stereocenters. The number of halogens is 3. The van der Waals surface area contributed by atoms with E-state index in [-0.39, 0.29) is 5.56 Å². The number of ether oxygens (including phenoxy) is 1. The summed E-state index contributed by atoms with van der Waals surface area (Å²) in [5, 5.41) is -0.680. The van der Waals surface area contributed by atoms with Gasteiger partial charge in [0, 0.05) is 11.6 Å². The van der Waals surface area contributed by atoms with Crippen molar-refractivity contribution in [2.75, 3.05) is 6.61 Å². The molecule has 0 amide bonds. The second-order valence-electron chi connectivity index (χ2n) is 4.45. The number of hydrogen-bond donors (Lipinski definition) is 0. The largest absolute Gasteiger partial charge is 0.494 e. The zero-order chi connectivity index (χ0) is 14.5. The first-order valence-electron chi connectivity index (χ1n) is 6.43. The van der Waals surface area contributed by atoms with E-state index in [4.69, 9.17) is 16.3 Å². The highest BCUT2D eigenvalue weighted by Crippen LogP contribution is 2.32. The molecule has 0 aromatic heterocycles. The van der Waals surface area contributed by atoms with Crippen LogP contribution in [0.15, 0.2) is 42.5 Å². The van der Waals surface area contributed by atoms with Crippen LogP contribution in [0, 0.1) is 11.6 Å². The van der Waals surface area contributed by atoms with Crippen LogP contribution in [0.1, 0.15) is 29.8 Å². The Labute approximate surface area is 122 Å². The van der Waals surface area contributed by atoms with Gasteiger partial charge in [0.05, 0.1) is 12.0 Å². The highest BCUT2D eigenvalue weighted by atomic mass is 35.5. The average Bonchev–Trinajstić information content (AvgIpc) is 2.45. The van der Waals surface area contributed by atoms with E-state index >= 15 is 0 Å². The Kier molecular flexibility index (Phi) is 4.96. The number of rotatable bonds is 5. The van der Waals surface area contributed by atoms with Crippen LogP contribution < -0.4 is 4.74 Å². The lowest BCUT2D eigenvalue weighted by Crippen LogP contribution is -2.00. The molecular weight excluding hydrogens is 282 g/mol. The van der Waals surface area contributed by atoms with Crippen LogP contribution in [0.3, 0.4) is 0 Å². The Hall–Kier alpha value is -1.61. The Morgan fingerprint density at radius 1 is 1.15 bits per heavy atom. The van der Waals surface area contributed by atoms with Crippen molar-refractivity contribution in [1.82, 2.24) is 0 Å². The molecular formula is C16H15ClF2O. The molecule has 1 atom stereocenters. The summed E-state index contributed by atoms with van der Waals surface area (Å²) < 4.78 is 32.2. The van der Waals surface area contributed by atoms with Gasteiger partial charge in [0.15, 0.2) is 0 Å². The number of hydrogen-bond acceptors (Lipinski definition) is 1. The molecule has 0 fully saturated rings. The van der Waals surface area contributed by atoms with Crippen LogP contribution >= 0.6 is 11.6 Å². The van der Waals surface area contributed by atoms with Gasteiger partial charge >= 0.3 is 0 Å². The fourth-order valence-electron chi connectivity index (χ4n) is 1.87. The van der Waals surface area contributed by atoms with Crippen molar-refractivity contribution in [2.45, 2.75) is 18.7 Å². The van der Waals surface area contributed by atoms with Crippen LogP contribution in [0.4, 0.5) is 8.78 Å². The van der Waals surface area contributed by atoms with Crippen molar-refractivity contribution < 1.29 is 13.5 Å². The van der Waals surface area contributed by atoms with E-state index in [1.165, 1.54) is 12.1 Å². The summed E-state index contributed by atoms with van der Waals surface area (Å²) in [6.45, 7) is 2.63. The van der Waals surface area contributed by atoms with Gasteiger partial charge < -0.3 is 4.74 Å². The highest BCUT2D eigenvalue weighted by Gasteiger charge is 2.16. The van der Waals surface area contributed by atoms with Gasteiger partial charge in [-0.15, -0.1) is 11.6 Å². The van der Waals surface area contributed by atoms with E-state index < -0.39 is 17.0 Å². The Morgan fingerprint density at radius 3 is 2.65 bits per heavy atom. The normalized spacial score (nSPS) is 12.2. The molecule has 0 spiro atoms. The van der Waals surface area contributed by atoms with Crippen molar-refractivity contribution in [3.05, 3.63) is 65.2 Å². The van der Waals surface area contributed by atoms with E-state index in [0.717, 1.165) is 12.5 Å². The Bertz CT molecular complexity index is 586. The fraction of sp³-hybridized carbons (Fsp3) is 0.250. The van der Waals surface area contributed by atoms with E-state index in [1.54, 1.807) is 18.2 Å². The summed E-state index contributed by atoms with van der Waals surface area (Å²) >= 11 is 6.28. The summed E-state index contributed by atoms with van der Waals surface area (Å²) in [5.41, 5.74) is 0.964. The number of alkyl halides is 1. The smallest absolute Gasteiger partial charge is 0.131 e. The predicted molar refractivity (Wildman–Crippen MR) is 76.3 cm³/mol. The molecule has 20 heavy (non-hydrogen) atoms. The third-order valence-corrected chi connectivity index (χ3v) is 3.35. The molecule has 0 aliphatic heterocycles. The minimum Gasteiger partial charge on any atom is -0.494 e. The molecule has 1 nitrogen and oxygen atoms in total. The highest BCUT2D eigenvalue weighted by molar-refractivity contribution is 6.22. The molecule has 0 radical (unpaired) electrons. The zero-order valence-corrected chi connectivity index (χ0v) is 11.8. The fourth-order valence-corrected chi connectivity index (χ4v) is 2.18. The average molecular weight is 297 g/mol. The van der Waals surface area contributed by atoms with Crippen LogP contribution in [0.5, 0.6) is 5.75 Å². The SMILES string of the molecule is CCCOc1cccc(C(Cl)c2ccc(F)cc2F)c1. The summed E-state index contributed by atoms with van der Waals surface area (Å²) in [7, 11) is 0. The molecule has 0 saturated carbocycles. The van der Waals surface area contributed by atoms with Crippen LogP contribution in [-0.4, -0.2) is 6.61 Å². The monoisotopic (exact) mass is 296 g/mol. The van der Waals surface area contributed by atoms with Gasteiger partial charge in [0.25, 0.3) is 0 Å². The second kappa shape index (κ2) is 6.71. The Morgan fingerprint density at radius 2 is 1.95 bits per heavy atom. The molecule has 106 valence electrons. The maximum Gasteiger partial charge on any atom is 0.131 e. The summed E-state index contributed by atoms with van der Waals surface area (Å²) in [5.74, 6) is -0.572.